The molecule has 0 aromatic rings. The molecule has 4 nitrogen and oxygen atoms in total. The van der Waals surface area contributed by atoms with Crippen molar-refractivity contribution in [3.8, 4) is 0 Å². The summed E-state index contributed by atoms with van der Waals surface area (Å²) < 4.78 is 9.82. The molecule has 1 heterocycles. The lowest BCUT2D eigenvalue weighted by atomic mass is 10.1. The van der Waals surface area contributed by atoms with E-state index in [-0.39, 0.29) is 6.10 Å². The van der Waals surface area contributed by atoms with Crippen LogP contribution in [0.1, 0.15) is 12.8 Å². The van der Waals surface area contributed by atoms with Gasteiger partial charge in [-0.15, -0.1) is 0 Å². The molecule has 1 aliphatic heterocycles. The number of ether oxygens (including phenoxy) is 2. The maximum Gasteiger partial charge on any atom is 0.155 e. The van der Waals surface area contributed by atoms with E-state index in [1.165, 1.54) is 7.11 Å². The van der Waals surface area contributed by atoms with Crippen molar-refractivity contribution in [1.29, 1.82) is 0 Å². The molecule has 1 fully saturated rings. The van der Waals surface area contributed by atoms with Gasteiger partial charge in [-0.2, -0.15) is 0 Å². The second-order valence-electron chi connectivity index (χ2n) is 2.73. The van der Waals surface area contributed by atoms with Crippen LogP contribution in [0.5, 0.6) is 0 Å². The number of hydrogen-bond donors (Lipinski definition) is 2. The van der Waals surface area contributed by atoms with Crippen molar-refractivity contribution in [3.05, 3.63) is 0 Å². The van der Waals surface area contributed by atoms with Crippen LogP contribution in [-0.2, 0) is 9.47 Å². The fraction of sp³-hybridized carbons (Fsp3) is 1.00. The van der Waals surface area contributed by atoms with Crippen molar-refractivity contribution in [3.63, 3.8) is 0 Å². The lowest BCUT2D eigenvalue weighted by Crippen LogP contribution is -2.41. The van der Waals surface area contributed by atoms with Gasteiger partial charge in [0.25, 0.3) is 0 Å². The van der Waals surface area contributed by atoms with Crippen molar-refractivity contribution in [2.24, 2.45) is 0 Å². The Kier molecular flexibility index (Phi) is 3.26. The number of rotatable bonds is 2. The second kappa shape index (κ2) is 4.01. The van der Waals surface area contributed by atoms with Crippen molar-refractivity contribution in [1.82, 2.24) is 0 Å². The van der Waals surface area contributed by atoms with Gasteiger partial charge in [-0.05, 0) is 6.42 Å². The van der Waals surface area contributed by atoms with Crippen molar-refractivity contribution < 1.29 is 19.7 Å². The highest BCUT2D eigenvalue weighted by atomic mass is 16.6. The van der Waals surface area contributed by atoms with E-state index < -0.39 is 12.4 Å². The predicted octanol–water partition coefficient (Wildman–Crippen LogP) is -0.509. The third kappa shape index (κ3) is 2.41. The molecule has 4 heteroatoms. The molecule has 0 unspecified atom stereocenters. The third-order valence-corrected chi connectivity index (χ3v) is 1.80. The minimum Gasteiger partial charge on any atom is -0.390 e. The SMILES string of the molecule is COC[C@H]1O[C@H](O)CC[C@@H]1O. The van der Waals surface area contributed by atoms with E-state index in [4.69, 9.17) is 14.6 Å². The van der Waals surface area contributed by atoms with E-state index in [1.54, 1.807) is 0 Å². The van der Waals surface area contributed by atoms with Gasteiger partial charge in [0, 0.05) is 13.5 Å². The second-order valence-corrected chi connectivity index (χ2v) is 2.73. The fourth-order valence-corrected chi connectivity index (χ4v) is 1.17. The van der Waals surface area contributed by atoms with Gasteiger partial charge < -0.3 is 19.7 Å². The van der Waals surface area contributed by atoms with Gasteiger partial charge in [-0.1, -0.05) is 0 Å². The number of aliphatic hydroxyl groups excluding tert-OH is 2. The van der Waals surface area contributed by atoms with Crippen LogP contribution in [0.3, 0.4) is 0 Å². The van der Waals surface area contributed by atoms with E-state index >= 15 is 0 Å². The average molecular weight is 162 g/mol. The van der Waals surface area contributed by atoms with Crippen LogP contribution in [0.4, 0.5) is 0 Å². The molecule has 1 rings (SSSR count). The fourth-order valence-electron chi connectivity index (χ4n) is 1.17. The van der Waals surface area contributed by atoms with Crippen LogP contribution >= 0.6 is 0 Å². The monoisotopic (exact) mass is 162 g/mol. The highest BCUT2D eigenvalue weighted by Gasteiger charge is 2.28. The van der Waals surface area contributed by atoms with Crippen LogP contribution in [0.2, 0.25) is 0 Å². The molecule has 0 amide bonds. The van der Waals surface area contributed by atoms with Crippen LogP contribution in [0.25, 0.3) is 0 Å². The molecule has 3 atom stereocenters. The Morgan fingerprint density at radius 1 is 1.45 bits per heavy atom. The number of hydrogen-bond acceptors (Lipinski definition) is 4. The Balaban J connectivity index is 2.34. The standard InChI is InChI=1S/C7H14O4/c1-10-4-6-5(8)2-3-7(9)11-6/h5-9H,2-4H2,1H3/t5-,6+,7-/m0/s1. The van der Waals surface area contributed by atoms with Gasteiger partial charge >= 0.3 is 0 Å². The van der Waals surface area contributed by atoms with Crippen LogP contribution in [0.15, 0.2) is 0 Å². The number of aliphatic hydroxyl groups is 2. The smallest absolute Gasteiger partial charge is 0.155 e. The molecule has 0 aromatic heterocycles. The molecule has 0 aromatic carbocycles. The van der Waals surface area contributed by atoms with Crippen molar-refractivity contribution in [2.75, 3.05) is 13.7 Å². The minimum absolute atomic E-state index is 0.332. The maximum atomic E-state index is 9.30. The van der Waals surface area contributed by atoms with Gasteiger partial charge in [0.1, 0.15) is 6.10 Å². The summed E-state index contributed by atoms with van der Waals surface area (Å²) in [5.41, 5.74) is 0. The Morgan fingerprint density at radius 3 is 2.82 bits per heavy atom. The largest absolute Gasteiger partial charge is 0.390 e. The first-order valence-electron chi connectivity index (χ1n) is 3.74. The third-order valence-electron chi connectivity index (χ3n) is 1.80. The quantitative estimate of drug-likeness (QED) is 0.574. The van der Waals surface area contributed by atoms with Gasteiger partial charge in [0.05, 0.1) is 12.7 Å². The maximum absolute atomic E-state index is 9.30. The Hall–Kier alpha value is -0.160. The lowest BCUT2D eigenvalue weighted by molar-refractivity contribution is -0.210. The molecule has 66 valence electrons. The van der Waals surface area contributed by atoms with E-state index in [9.17, 15) is 5.11 Å². The molecule has 0 radical (unpaired) electrons. The van der Waals surface area contributed by atoms with Crippen LogP contribution in [-0.4, -0.2) is 42.4 Å². The summed E-state index contributed by atoms with van der Waals surface area (Å²) in [5.74, 6) is 0. The number of methoxy groups -OCH3 is 1. The van der Waals surface area contributed by atoms with E-state index in [0.717, 1.165) is 0 Å². The molecule has 11 heavy (non-hydrogen) atoms. The molecule has 1 saturated heterocycles. The van der Waals surface area contributed by atoms with Gasteiger partial charge in [0.2, 0.25) is 0 Å². The molecule has 0 bridgehead atoms. The summed E-state index contributed by atoms with van der Waals surface area (Å²) >= 11 is 0. The molecule has 1 aliphatic rings. The Bertz CT molecular complexity index is 117. The summed E-state index contributed by atoms with van der Waals surface area (Å²) in [4.78, 5) is 0. The summed E-state index contributed by atoms with van der Waals surface area (Å²) in [5, 5.41) is 18.3. The topological polar surface area (TPSA) is 58.9 Å². The molecule has 0 saturated carbocycles. The van der Waals surface area contributed by atoms with E-state index in [1.807, 2.05) is 0 Å². The van der Waals surface area contributed by atoms with Crippen LogP contribution in [0, 0.1) is 0 Å². The van der Waals surface area contributed by atoms with Crippen molar-refractivity contribution >= 4 is 0 Å². The Morgan fingerprint density at radius 2 is 2.18 bits per heavy atom. The summed E-state index contributed by atoms with van der Waals surface area (Å²) in [6.45, 7) is 0.332. The zero-order valence-electron chi connectivity index (χ0n) is 6.56. The van der Waals surface area contributed by atoms with E-state index in [0.29, 0.717) is 19.4 Å². The Labute approximate surface area is 65.7 Å². The average Bonchev–Trinajstić information content (AvgIpc) is 1.98. The zero-order valence-corrected chi connectivity index (χ0v) is 6.56. The minimum atomic E-state index is -0.737. The lowest BCUT2D eigenvalue weighted by Gasteiger charge is -2.30. The summed E-state index contributed by atoms with van der Waals surface area (Å²) in [6.07, 6.45) is -0.531. The highest BCUT2D eigenvalue weighted by Crippen LogP contribution is 2.17. The predicted molar refractivity (Wildman–Crippen MR) is 38.0 cm³/mol. The molecule has 2 N–H and O–H groups in total. The van der Waals surface area contributed by atoms with Crippen molar-refractivity contribution in [2.45, 2.75) is 31.3 Å². The molecular formula is C7H14O4. The normalized spacial score (nSPS) is 39.0. The molecule has 0 spiro atoms. The summed E-state index contributed by atoms with van der Waals surface area (Å²) in [6, 6.07) is 0. The highest BCUT2D eigenvalue weighted by molar-refractivity contribution is 4.74. The first kappa shape index (κ1) is 8.93. The summed E-state index contributed by atoms with van der Waals surface area (Å²) in [7, 11) is 1.54. The van der Waals surface area contributed by atoms with Crippen LogP contribution < -0.4 is 0 Å². The van der Waals surface area contributed by atoms with E-state index in [2.05, 4.69) is 0 Å². The molecule has 0 aliphatic carbocycles. The first-order chi connectivity index (χ1) is 5.24. The van der Waals surface area contributed by atoms with Gasteiger partial charge in [0.15, 0.2) is 6.29 Å². The van der Waals surface area contributed by atoms with Gasteiger partial charge in [-0.3, -0.25) is 0 Å². The first-order valence-corrected chi connectivity index (χ1v) is 3.74. The zero-order chi connectivity index (χ0) is 8.27. The molecular weight excluding hydrogens is 148 g/mol. The van der Waals surface area contributed by atoms with Gasteiger partial charge in [-0.25, -0.2) is 0 Å².